The molecular weight excluding hydrogens is 487 g/mol. The Morgan fingerprint density at radius 3 is 2.47 bits per heavy atom. The first-order chi connectivity index (χ1) is 14.2. The Kier molecular flexibility index (Phi) is 8.53. The highest BCUT2D eigenvalue weighted by Crippen LogP contribution is 2.27. The standard InChI is InChI=1S/C24H32N4O.HI/c1-2-25-24(28-16-11-21-5-3-4-6-23(21)28)26-17-19-7-9-20(10-8-19)18-27-14-12-22(29)13-15-27;/h3-10,22,29H,2,11-18H2,1H3,(H,25,26);1H. The number of fused-ring (bicyclic) bond motifs is 1. The summed E-state index contributed by atoms with van der Waals surface area (Å²) in [4.78, 5) is 9.64. The van der Waals surface area contributed by atoms with E-state index in [2.05, 4.69) is 70.6 Å². The maximum absolute atomic E-state index is 9.66. The number of anilines is 1. The quantitative estimate of drug-likeness (QED) is 0.358. The van der Waals surface area contributed by atoms with E-state index in [1.165, 1.54) is 22.4 Å². The summed E-state index contributed by atoms with van der Waals surface area (Å²) in [7, 11) is 0. The van der Waals surface area contributed by atoms with Gasteiger partial charge in [-0.25, -0.2) is 4.99 Å². The third-order valence-electron chi connectivity index (χ3n) is 5.88. The number of benzene rings is 2. The predicted octanol–water partition coefficient (Wildman–Crippen LogP) is 3.79. The van der Waals surface area contributed by atoms with Gasteiger partial charge in [0.05, 0.1) is 12.6 Å². The lowest BCUT2D eigenvalue weighted by Crippen LogP contribution is -2.40. The van der Waals surface area contributed by atoms with Crippen molar-refractivity contribution in [2.75, 3.05) is 31.1 Å². The van der Waals surface area contributed by atoms with Gasteiger partial charge in [-0.1, -0.05) is 42.5 Å². The van der Waals surface area contributed by atoms with E-state index in [-0.39, 0.29) is 30.1 Å². The lowest BCUT2D eigenvalue weighted by molar-refractivity contribution is 0.0792. The molecule has 4 rings (SSSR count). The zero-order chi connectivity index (χ0) is 20.1. The van der Waals surface area contributed by atoms with E-state index in [0.29, 0.717) is 6.54 Å². The van der Waals surface area contributed by atoms with Gasteiger partial charge in [-0.2, -0.15) is 0 Å². The van der Waals surface area contributed by atoms with E-state index in [4.69, 9.17) is 4.99 Å². The molecule has 0 aromatic heterocycles. The molecule has 6 heteroatoms. The lowest BCUT2D eigenvalue weighted by Gasteiger charge is -2.29. The van der Waals surface area contributed by atoms with Gasteiger partial charge in [-0.15, -0.1) is 24.0 Å². The maximum atomic E-state index is 9.66. The van der Waals surface area contributed by atoms with Gasteiger partial charge in [-0.05, 0) is 48.9 Å². The molecule has 0 spiro atoms. The summed E-state index contributed by atoms with van der Waals surface area (Å²) in [5.74, 6) is 0.966. The number of aliphatic imine (C=N–C) groups is 1. The van der Waals surface area contributed by atoms with Crippen molar-refractivity contribution >= 4 is 35.6 Å². The van der Waals surface area contributed by atoms with Crippen molar-refractivity contribution in [1.29, 1.82) is 0 Å². The van der Waals surface area contributed by atoms with Crippen LogP contribution in [0.3, 0.4) is 0 Å². The molecule has 0 atom stereocenters. The van der Waals surface area contributed by atoms with Crippen LogP contribution in [0.4, 0.5) is 5.69 Å². The summed E-state index contributed by atoms with van der Waals surface area (Å²) in [6.45, 7) is 7.56. The molecule has 30 heavy (non-hydrogen) atoms. The molecule has 2 aliphatic heterocycles. The van der Waals surface area contributed by atoms with E-state index in [1.807, 2.05) is 0 Å². The summed E-state index contributed by atoms with van der Waals surface area (Å²) in [5.41, 5.74) is 5.22. The van der Waals surface area contributed by atoms with Crippen LogP contribution in [0.1, 0.15) is 36.5 Å². The van der Waals surface area contributed by atoms with Gasteiger partial charge in [0.1, 0.15) is 0 Å². The van der Waals surface area contributed by atoms with Gasteiger partial charge in [0.2, 0.25) is 0 Å². The summed E-state index contributed by atoms with van der Waals surface area (Å²) < 4.78 is 0. The molecule has 2 aromatic rings. The van der Waals surface area contributed by atoms with Crippen LogP contribution in [0.15, 0.2) is 53.5 Å². The molecule has 2 heterocycles. The SMILES string of the molecule is CCNC(=NCc1ccc(CN2CCC(O)CC2)cc1)N1CCc2ccccc21.I. The third-order valence-corrected chi connectivity index (χ3v) is 5.88. The molecule has 0 unspecified atom stereocenters. The molecule has 0 amide bonds. The molecule has 5 nitrogen and oxygen atoms in total. The van der Waals surface area contributed by atoms with Crippen molar-refractivity contribution in [2.24, 2.45) is 4.99 Å². The van der Waals surface area contributed by atoms with Gasteiger partial charge in [0, 0.05) is 38.4 Å². The number of guanidine groups is 1. The number of hydrogen-bond donors (Lipinski definition) is 2. The minimum Gasteiger partial charge on any atom is -0.393 e. The molecule has 162 valence electrons. The Morgan fingerprint density at radius 2 is 1.73 bits per heavy atom. The van der Waals surface area contributed by atoms with Crippen LogP contribution in [0.2, 0.25) is 0 Å². The number of piperidine rings is 1. The Hall–Kier alpha value is -1.64. The molecule has 1 fully saturated rings. The summed E-state index contributed by atoms with van der Waals surface area (Å²) in [6, 6.07) is 17.4. The second-order valence-corrected chi connectivity index (χ2v) is 8.02. The van der Waals surface area contributed by atoms with E-state index < -0.39 is 0 Å². The highest BCUT2D eigenvalue weighted by Gasteiger charge is 2.22. The maximum Gasteiger partial charge on any atom is 0.198 e. The van der Waals surface area contributed by atoms with E-state index in [9.17, 15) is 5.11 Å². The Bertz CT molecular complexity index is 831. The van der Waals surface area contributed by atoms with Crippen LogP contribution in [0.25, 0.3) is 0 Å². The summed E-state index contributed by atoms with van der Waals surface area (Å²) in [5, 5.41) is 13.1. The average Bonchev–Trinajstić information content (AvgIpc) is 3.18. The molecule has 0 saturated carbocycles. The van der Waals surface area contributed by atoms with Crippen LogP contribution in [-0.4, -0.2) is 48.2 Å². The largest absolute Gasteiger partial charge is 0.393 e. The van der Waals surface area contributed by atoms with Crippen molar-refractivity contribution in [2.45, 2.75) is 45.4 Å². The van der Waals surface area contributed by atoms with Gasteiger partial charge < -0.3 is 15.3 Å². The van der Waals surface area contributed by atoms with Crippen molar-refractivity contribution in [1.82, 2.24) is 10.2 Å². The number of halogens is 1. The van der Waals surface area contributed by atoms with Crippen LogP contribution in [0.5, 0.6) is 0 Å². The fourth-order valence-electron chi connectivity index (χ4n) is 4.20. The van der Waals surface area contributed by atoms with Crippen LogP contribution < -0.4 is 10.2 Å². The highest BCUT2D eigenvalue weighted by atomic mass is 127. The number of para-hydroxylation sites is 1. The van der Waals surface area contributed by atoms with Crippen molar-refractivity contribution in [3.63, 3.8) is 0 Å². The fourth-order valence-corrected chi connectivity index (χ4v) is 4.20. The van der Waals surface area contributed by atoms with Crippen LogP contribution in [0, 0.1) is 0 Å². The first kappa shape index (κ1) is 23.0. The molecule has 2 aliphatic rings. The van der Waals surface area contributed by atoms with Gasteiger partial charge in [0.25, 0.3) is 0 Å². The van der Waals surface area contributed by atoms with Gasteiger partial charge in [0.15, 0.2) is 5.96 Å². The molecule has 0 aliphatic carbocycles. The molecule has 2 aromatic carbocycles. The molecule has 0 bridgehead atoms. The fraction of sp³-hybridized carbons (Fsp3) is 0.458. The minimum atomic E-state index is -0.111. The summed E-state index contributed by atoms with van der Waals surface area (Å²) >= 11 is 0. The number of nitrogens with one attached hydrogen (secondary N) is 1. The summed E-state index contributed by atoms with van der Waals surface area (Å²) in [6.07, 6.45) is 2.74. The number of hydrogen-bond acceptors (Lipinski definition) is 3. The first-order valence-corrected chi connectivity index (χ1v) is 10.8. The second kappa shape index (κ2) is 11.1. The average molecular weight is 520 g/mol. The predicted molar refractivity (Wildman–Crippen MR) is 135 cm³/mol. The number of nitrogens with zero attached hydrogens (tertiary/aromatic N) is 3. The molecule has 1 saturated heterocycles. The smallest absolute Gasteiger partial charge is 0.198 e. The Balaban J connectivity index is 0.00000256. The highest BCUT2D eigenvalue weighted by molar-refractivity contribution is 14.0. The normalized spacial score (nSPS) is 17.5. The Labute approximate surface area is 197 Å². The van der Waals surface area contributed by atoms with E-state index in [0.717, 1.165) is 57.9 Å². The van der Waals surface area contributed by atoms with Crippen molar-refractivity contribution in [3.8, 4) is 0 Å². The number of rotatable bonds is 5. The zero-order valence-electron chi connectivity index (χ0n) is 17.8. The Morgan fingerprint density at radius 1 is 1.03 bits per heavy atom. The van der Waals surface area contributed by atoms with E-state index in [1.54, 1.807) is 0 Å². The molecular formula is C24H33IN4O. The van der Waals surface area contributed by atoms with Crippen molar-refractivity contribution in [3.05, 3.63) is 65.2 Å². The monoisotopic (exact) mass is 520 g/mol. The third kappa shape index (κ3) is 5.74. The van der Waals surface area contributed by atoms with Crippen molar-refractivity contribution < 1.29 is 5.11 Å². The first-order valence-electron chi connectivity index (χ1n) is 10.8. The number of aliphatic hydroxyl groups excluding tert-OH is 1. The number of likely N-dealkylation sites (tertiary alicyclic amines) is 1. The second-order valence-electron chi connectivity index (χ2n) is 8.02. The number of aliphatic hydroxyl groups is 1. The van der Waals surface area contributed by atoms with Crippen LogP contribution in [-0.2, 0) is 19.5 Å². The van der Waals surface area contributed by atoms with Gasteiger partial charge in [-0.3, -0.25) is 4.90 Å². The van der Waals surface area contributed by atoms with E-state index >= 15 is 0 Å². The molecule has 2 N–H and O–H groups in total. The molecule has 0 radical (unpaired) electrons. The lowest BCUT2D eigenvalue weighted by atomic mass is 10.1. The minimum absolute atomic E-state index is 0. The topological polar surface area (TPSA) is 51.1 Å². The van der Waals surface area contributed by atoms with Gasteiger partial charge >= 0.3 is 0 Å². The zero-order valence-corrected chi connectivity index (χ0v) is 20.1. The van der Waals surface area contributed by atoms with Crippen LogP contribution >= 0.6 is 24.0 Å².